The first-order valence-electron chi connectivity index (χ1n) is 6.63. The van der Waals surface area contributed by atoms with E-state index in [1.54, 1.807) is 0 Å². The fourth-order valence-corrected chi connectivity index (χ4v) is 2.23. The summed E-state index contributed by atoms with van der Waals surface area (Å²) in [7, 11) is 0. The van der Waals surface area contributed by atoms with Gasteiger partial charge in [-0.3, -0.25) is 0 Å². The van der Waals surface area contributed by atoms with Crippen LogP contribution >= 0.6 is 0 Å². The molecule has 1 aliphatic rings. The summed E-state index contributed by atoms with van der Waals surface area (Å²) < 4.78 is 5.86. The zero-order chi connectivity index (χ0) is 12.9. The molecule has 0 spiro atoms. The normalized spacial score (nSPS) is 15.3. The molecule has 0 bridgehead atoms. The average molecular weight is 253 g/mol. The Morgan fingerprint density at radius 3 is 2.37 bits per heavy atom. The van der Waals surface area contributed by atoms with E-state index < -0.39 is 0 Å². The van der Waals surface area contributed by atoms with Crippen LogP contribution in [0.15, 0.2) is 54.6 Å². The Morgan fingerprint density at radius 2 is 1.58 bits per heavy atom. The van der Waals surface area contributed by atoms with Gasteiger partial charge in [-0.15, -0.1) is 0 Å². The predicted molar refractivity (Wildman–Crippen MR) is 77.0 cm³/mol. The molecule has 0 aromatic heterocycles. The third-order valence-electron chi connectivity index (χ3n) is 3.22. The van der Waals surface area contributed by atoms with Gasteiger partial charge >= 0.3 is 0 Å². The van der Waals surface area contributed by atoms with Gasteiger partial charge in [0.2, 0.25) is 0 Å². The van der Waals surface area contributed by atoms with Gasteiger partial charge in [-0.1, -0.05) is 24.3 Å². The molecule has 1 saturated heterocycles. The van der Waals surface area contributed by atoms with Crippen molar-refractivity contribution in [3.05, 3.63) is 54.6 Å². The molecule has 3 nitrogen and oxygen atoms in total. The molecule has 2 aromatic carbocycles. The van der Waals surface area contributed by atoms with E-state index in [2.05, 4.69) is 22.3 Å². The maximum atomic E-state index is 5.86. The van der Waals surface area contributed by atoms with E-state index in [1.807, 2.05) is 42.5 Å². The zero-order valence-corrected chi connectivity index (χ0v) is 10.8. The highest BCUT2D eigenvalue weighted by Gasteiger charge is 2.11. The summed E-state index contributed by atoms with van der Waals surface area (Å²) in [6.07, 6.45) is 0. The van der Waals surface area contributed by atoms with Crippen LogP contribution in [0.5, 0.6) is 11.5 Å². The third kappa shape index (κ3) is 3.06. The molecule has 0 unspecified atom stereocenters. The fourth-order valence-electron chi connectivity index (χ4n) is 2.23. The van der Waals surface area contributed by atoms with Gasteiger partial charge in [-0.05, 0) is 24.3 Å². The van der Waals surface area contributed by atoms with E-state index in [1.165, 1.54) is 5.69 Å². The van der Waals surface area contributed by atoms with Crippen LogP contribution in [0.4, 0.5) is 5.69 Å². The standard InChI is InChI=1S/C16H17N2O/c1-2-6-15(7-3-1)19-16-8-4-5-14(13-16)18-11-9-17-10-12-18/h1-8,13H,9-12H2. The van der Waals surface area contributed by atoms with E-state index in [9.17, 15) is 0 Å². The number of anilines is 1. The number of benzene rings is 2. The molecule has 0 atom stereocenters. The van der Waals surface area contributed by atoms with Crippen molar-refractivity contribution < 1.29 is 4.74 Å². The van der Waals surface area contributed by atoms with Gasteiger partial charge in [-0.2, -0.15) is 0 Å². The second kappa shape index (κ2) is 5.76. The van der Waals surface area contributed by atoms with Gasteiger partial charge < -0.3 is 9.64 Å². The number of ether oxygens (including phenoxy) is 1. The van der Waals surface area contributed by atoms with Crippen LogP contribution in [0.2, 0.25) is 0 Å². The van der Waals surface area contributed by atoms with Crippen molar-refractivity contribution in [1.82, 2.24) is 5.32 Å². The van der Waals surface area contributed by atoms with Gasteiger partial charge in [0.1, 0.15) is 11.5 Å². The summed E-state index contributed by atoms with van der Waals surface area (Å²) in [6, 6.07) is 18.1. The highest BCUT2D eigenvalue weighted by molar-refractivity contribution is 5.51. The first-order chi connectivity index (χ1) is 9.42. The molecule has 3 rings (SSSR count). The largest absolute Gasteiger partial charge is 0.457 e. The minimum Gasteiger partial charge on any atom is -0.457 e. The smallest absolute Gasteiger partial charge is 0.129 e. The Balaban J connectivity index is 1.76. The van der Waals surface area contributed by atoms with Crippen LogP contribution in [0.25, 0.3) is 0 Å². The zero-order valence-electron chi connectivity index (χ0n) is 10.8. The van der Waals surface area contributed by atoms with Gasteiger partial charge in [0.05, 0.1) is 0 Å². The number of hydrogen-bond acceptors (Lipinski definition) is 2. The number of nitrogens with zero attached hydrogens (tertiary/aromatic N) is 2. The Kier molecular flexibility index (Phi) is 3.65. The second-order valence-corrected chi connectivity index (χ2v) is 4.57. The maximum absolute atomic E-state index is 5.86. The van der Waals surface area contributed by atoms with Crippen LogP contribution in [-0.2, 0) is 0 Å². The monoisotopic (exact) mass is 253 g/mol. The molecular weight excluding hydrogens is 236 g/mol. The predicted octanol–water partition coefficient (Wildman–Crippen LogP) is 2.90. The van der Waals surface area contributed by atoms with Crippen molar-refractivity contribution in [2.45, 2.75) is 0 Å². The number of hydrogen-bond donors (Lipinski definition) is 0. The molecule has 3 heteroatoms. The van der Waals surface area contributed by atoms with Gasteiger partial charge in [-0.25, -0.2) is 5.32 Å². The van der Waals surface area contributed by atoms with Crippen molar-refractivity contribution in [1.29, 1.82) is 0 Å². The summed E-state index contributed by atoms with van der Waals surface area (Å²) in [4.78, 5) is 2.35. The Labute approximate surface area is 113 Å². The lowest BCUT2D eigenvalue weighted by molar-refractivity contribution is 0.482. The number of para-hydroxylation sites is 1. The lowest BCUT2D eigenvalue weighted by Crippen LogP contribution is -2.40. The van der Waals surface area contributed by atoms with Crippen LogP contribution in [0.1, 0.15) is 0 Å². The highest BCUT2D eigenvalue weighted by Crippen LogP contribution is 2.26. The van der Waals surface area contributed by atoms with Crippen molar-refractivity contribution >= 4 is 5.69 Å². The Hall–Kier alpha value is -2.00. The molecule has 0 saturated carbocycles. The van der Waals surface area contributed by atoms with Crippen LogP contribution < -0.4 is 15.0 Å². The minimum atomic E-state index is 0.869. The van der Waals surface area contributed by atoms with E-state index in [0.29, 0.717) is 0 Å². The lowest BCUT2D eigenvalue weighted by atomic mass is 10.2. The van der Waals surface area contributed by atoms with E-state index in [4.69, 9.17) is 4.74 Å². The SMILES string of the molecule is c1ccc(Oc2cccc(N3CC[N]CC3)c2)cc1. The van der Waals surface area contributed by atoms with Crippen molar-refractivity contribution in [3.8, 4) is 11.5 Å². The summed E-state index contributed by atoms with van der Waals surface area (Å²) in [6.45, 7) is 3.83. The fraction of sp³-hybridized carbons (Fsp3) is 0.250. The summed E-state index contributed by atoms with van der Waals surface area (Å²) in [5, 5.41) is 4.37. The first kappa shape index (κ1) is 12.1. The first-order valence-corrected chi connectivity index (χ1v) is 6.63. The molecule has 1 heterocycles. The van der Waals surface area contributed by atoms with E-state index in [0.717, 1.165) is 37.7 Å². The minimum absolute atomic E-state index is 0.869. The molecule has 1 fully saturated rings. The van der Waals surface area contributed by atoms with E-state index in [-0.39, 0.29) is 0 Å². The molecular formula is C16H17N2O. The summed E-state index contributed by atoms with van der Waals surface area (Å²) >= 11 is 0. The quantitative estimate of drug-likeness (QED) is 0.840. The maximum Gasteiger partial charge on any atom is 0.129 e. The molecule has 1 aliphatic heterocycles. The molecule has 0 amide bonds. The van der Waals surface area contributed by atoms with Crippen molar-refractivity contribution in [3.63, 3.8) is 0 Å². The summed E-state index contributed by atoms with van der Waals surface area (Å²) in [5.41, 5.74) is 1.21. The van der Waals surface area contributed by atoms with Crippen LogP contribution in [0, 0.1) is 0 Å². The van der Waals surface area contributed by atoms with E-state index >= 15 is 0 Å². The molecule has 0 N–H and O–H groups in total. The lowest BCUT2D eigenvalue weighted by Gasteiger charge is -2.28. The van der Waals surface area contributed by atoms with Gasteiger partial charge in [0, 0.05) is 37.9 Å². The molecule has 1 radical (unpaired) electrons. The molecule has 97 valence electrons. The van der Waals surface area contributed by atoms with Gasteiger partial charge in [0.25, 0.3) is 0 Å². The Morgan fingerprint density at radius 1 is 0.842 bits per heavy atom. The van der Waals surface area contributed by atoms with Crippen molar-refractivity contribution in [2.24, 2.45) is 0 Å². The summed E-state index contributed by atoms with van der Waals surface area (Å²) in [5.74, 6) is 1.75. The highest BCUT2D eigenvalue weighted by atomic mass is 16.5. The number of piperazine rings is 1. The third-order valence-corrected chi connectivity index (χ3v) is 3.22. The average Bonchev–Trinajstić information content (AvgIpc) is 2.49. The molecule has 0 aliphatic carbocycles. The topological polar surface area (TPSA) is 26.6 Å². The number of rotatable bonds is 3. The van der Waals surface area contributed by atoms with Crippen LogP contribution in [-0.4, -0.2) is 26.2 Å². The van der Waals surface area contributed by atoms with Crippen molar-refractivity contribution in [2.75, 3.05) is 31.1 Å². The molecule has 2 aromatic rings. The Bertz CT molecular complexity index is 521. The molecule has 19 heavy (non-hydrogen) atoms. The van der Waals surface area contributed by atoms with Crippen LogP contribution in [0.3, 0.4) is 0 Å². The second-order valence-electron chi connectivity index (χ2n) is 4.57. The van der Waals surface area contributed by atoms with Gasteiger partial charge in [0.15, 0.2) is 0 Å².